The molecule has 0 N–H and O–H groups in total. The molecule has 1 fully saturated rings. The molecule has 3 heterocycles. The van der Waals surface area contributed by atoms with Crippen LogP contribution in [0.3, 0.4) is 0 Å². The third-order valence-electron chi connectivity index (χ3n) is 3.38. The van der Waals surface area contributed by atoms with Gasteiger partial charge in [-0.05, 0) is 42.8 Å². The molecule has 0 spiro atoms. The van der Waals surface area contributed by atoms with Gasteiger partial charge in [0.15, 0.2) is 0 Å². The van der Waals surface area contributed by atoms with Crippen molar-refractivity contribution in [2.75, 3.05) is 13.1 Å². The molecule has 1 unspecified atom stereocenters. The number of thiophene rings is 1. The lowest BCUT2D eigenvalue weighted by atomic mass is 9.92. The summed E-state index contributed by atoms with van der Waals surface area (Å²) in [6.07, 6.45) is 5.53. The minimum atomic E-state index is 0.781. The molecule has 2 heteroatoms. The maximum Gasteiger partial charge on any atom is 0.0359 e. The summed E-state index contributed by atoms with van der Waals surface area (Å²) in [6, 6.07) is 3.13. The Morgan fingerprint density at radius 3 is 3.31 bits per heavy atom. The van der Waals surface area contributed by atoms with Gasteiger partial charge in [0.1, 0.15) is 0 Å². The van der Waals surface area contributed by atoms with E-state index in [4.69, 9.17) is 0 Å². The molecule has 1 saturated heterocycles. The van der Waals surface area contributed by atoms with Gasteiger partial charge in [-0.1, -0.05) is 6.42 Å². The molecule has 13 heavy (non-hydrogen) atoms. The summed E-state index contributed by atoms with van der Waals surface area (Å²) in [5.74, 6) is 0. The standard InChI is InChI=1S/C11H15NS/c1-2-6-12-7-4-11-9(5-8-13-11)10(12)3-1/h5,8,10H,1-4,6-7H2. The van der Waals surface area contributed by atoms with Crippen LogP contribution in [-0.2, 0) is 6.42 Å². The molecule has 1 atom stereocenters. The molecule has 0 saturated carbocycles. The summed E-state index contributed by atoms with van der Waals surface area (Å²) in [7, 11) is 0. The van der Waals surface area contributed by atoms with E-state index in [2.05, 4.69) is 16.3 Å². The van der Waals surface area contributed by atoms with Gasteiger partial charge in [-0.3, -0.25) is 4.90 Å². The zero-order valence-electron chi connectivity index (χ0n) is 7.83. The fourth-order valence-corrected chi connectivity index (χ4v) is 3.63. The van der Waals surface area contributed by atoms with E-state index in [1.165, 1.54) is 38.8 Å². The van der Waals surface area contributed by atoms with Crippen molar-refractivity contribution in [3.05, 3.63) is 21.9 Å². The van der Waals surface area contributed by atoms with Gasteiger partial charge in [-0.2, -0.15) is 0 Å². The van der Waals surface area contributed by atoms with Crippen molar-refractivity contribution in [3.63, 3.8) is 0 Å². The maximum absolute atomic E-state index is 2.68. The third kappa shape index (κ3) is 1.24. The Morgan fingerprint density at radius 1 is 1.31 bits per heavy atom. The zero-order valence-corrected chi connectivity index (χ0v) is 8.65. The summed E-state index contributed by atoms with van der Waals surface area (Å²) in [6.45, 7) is 2.64. The topological polar surface area (TPSA) is 3.24 Å². The summed E-state index contributed by atoms with van der Waals surface area (Å²) >= 11 is 1.95. The van der Waals surface area contributed by atoms with E-state index in [1.807, 2.05) is 11.3 Å². The van der Waals surface area contributed by atoms with E-state index in [0.717, 1.165) is 6.04 Å². The van der Waals surface area contributed by atoms with Crippen LogP contribution in [0.15, 0.2) is 11.4 Å². The van der Waals surface area contributed by atoms with Crippen molar-refractivity contribution in [2.45, 2.75) is 31.7 Å². The van der Waals surface area contributed by atoms with Crippen molar-refractivity contribution in [2.24, 2.45) is 0 Å². The molecule has 1 aromatic rings. The zero-order chi connectivity index (χ0) is 8.67. The number of hydrogen-bond donors (Lipinski definition) is 0. The van der Waals surface area contributed by atoms with E-state index in [9.17, 15) is 0 Å². The van der Waals surface area contributed by atoms with E-state index >= 15 is 0 Å². The molecule has 0 aromatic carbocycles. The van der Waals surface area contributed by atoms with Gasteiger partial charge in [0.25, 0.3) is 0 Å². The third-order valence-corrected chi connectivity index (χ3v) is 4.38. The largest absolute Gasteiger partial charge is 0.296 e. The first-order valence-corrected chi connectivity index (χ1v) is 6.13. The smallest absolute Gasteiger partial charge is 0.0359 e. The highest BCUT2D eigenvalue weighted by atomic mass is 32.1. The predicted octanol–water partition coefficient (Wildman–Crippen LogP) is 2.83. The van der Waals surface area contributed by atoms with Gasteiger partial charge in [0.05, 0.1) is 0 Å². The molecule has 70 valence electrons. The van der Waals surface area contributed by atoms with Gasteiger partial charge in [-0.15, -0.1) is 11.3 Å². The Morgan fingerprint density at radius 2 is 2.31 bits per heavy atom. The highest BCUT2D eigenvalue weighted by Crippen LogP contribution is 2.38. The SMILES string of the molecule is c1cc2c(s1)CCN1CCCCC21. The number of piperidine rings is 1. The molecule has 2 aliphatic heterocycles. The second kappa shape index (κ2) is 3.10. The molecule has 0 aliphatic carbocycles. The molecule has 0 amide bonds. The lowest BCUT2D eigenvalue weighted by Gasteiger charge is -2.39. The Balaban J connectivity index is 1.97. The normalized spacial score (nSPS) is 28.2. The summed E-state index contributed by atoms with van der Waals surface area (Å²) in [5.41, 5.74) is 1.65. The van der Waals surface area contributed by atoms with Gasteiger partial charge in [0, 0.05) is 17.5 Å². The summed E-state index contributed by atoms with van der Waals surface area (Å²) in [5, 5.41) is 2.27. The monoisotopic (exact) mass is 193 g/mol. The van der Waals surface area contributed by atoms with Gasteiger partial charge in [-0.25, -0.2) is 0 Å². The maximum atomic E-state index is 2.68. The number of hydrogen-bond acceptors (Lipinski definition) is 2. The molecule has 1 nitrogen and oxygen atoms in total. The van der Waals surface area contributed by atoms with Crippen LogP contribution in [-0.4, -0.2) is 18.0 Å². The highest BCUT2D eigenvalue weighted by Gasteiger charge is 2.29. The Labute approximate surface area is 83.4 Å². The van der Waals surface area contributed by atoms with E-state index in [0.29, 0.717) is 0 Å². The molecule has 0 bridgehead atoms. The van der Waals surface area contributed by atoms with E-state index in [-0.39, 0.29) is 0 Å². The van der Waals surface area contributed by atoms with Crippen LogP contribution < -0.4 is 0 Å². The first-order chi connectivity index (χ1) is 6.45. The average Bonchev–Trinajstić information content (AvgIpc) is 2.65. The van der Waals surface area contributed by atoms with Gasteiger partial charge in [0.2, 0.25) is 0 Å². The second-order valence-corrected chi connectivity index (χ2v) is 5.10. The fourth-order valence-electron chi connectivity index (χ4n) is 2.71. The van der Waals surface area contributed by atoms with Gasteiger partial charge >= 0.3 is 0 Å². The number of fused-ring (bicyclic) bond motifs is 3. The molecule has 0 radical (unpaired) electrons. The van der Waals surface area contributed by atoms with Crippen LogP contribution in [0.2, 0.25) is 0 Å². The second-order valence-electron chi connectivity index (χ2n) is 4.10. The van der Waals surface area contributed by atoms with E-state index in [1.54, 1.807) is 10.4 Å². The minimum absolute atomic E-state index is 0.781. The van der Waals surface area contributed by atoms with Crippen molar-refractivity contribution in [3.8, 4) is 0 Å². The van der Waals surface area contributed by atoms with Crippen LogP contribution in [0.4, 0.5) is 0 Å². The van der Waals surface area contributed by atoms with E-state index < -0.39 is 0 Å². The molecular formula is C11H15NS. The Hall–Kier alpha value is -0.340. The molecule has 2 aliphatic rings. The predicted molar refractivity (Wildman–Crippen MR) is 56.2 cm³/mol. The first kappa shape index (κ1) is 8.01. The van der Waals surface area contributed by atoms with Crippen molar-refractivity contribution < 1.29 is 0 Å². The highest BCUT2D eigenvalue weighted by molar-refractivity contribution is 7.10. The Kier molecular flexibility index (Phi) is 1.91. The van der Waals surface area contributed by atoms with Crippen molar-refractivity contribution in [1.82, 2.24) is 4.90 Å². The van der Waals surface area contributed by atoms with Gasteiger partial charge < -0.3 is 0 Å². The fraction of sp³-hybridized carbons (Fsp3) is 0.636. The quantitative estimate of drug-likeness (QED) is 0.612. The van der Waals surface area contributed by atoms with Crippen molar-refractivity contribution >= 4 is 11.3 Å². The van der Waals surface area contributed by atoms with Crippen LogP contribution in [0.25, 0.3) is 0 Å². The summed E-state index contributed by atoms with van der Waals surface area (Å²) in [4.78, 5) is 4.33. The van der Waals surface area contributed by atoms with Crippen LogP contribution >= 0.6 is 11.3 Å². The minimum Gasteiger partial charge on any atom is -0.296 e. The lowest BCUT2D eigenvalue weighted by molar-refractivity contribution is 0.140. The summed E-state index contributed by atoms with van der Waals surface area (Å²) < 4.78 is 0. The lowest BCUT2D eigenvalue weighted by Crippen LogP contribution is -2.38. The molecule has 3 rings (SSSR count). The van der Waals surface area contributed by atoms with Crippen LogP contribution in [0, 0.1) is 0 Å². The average molecular weight is 193 g/mol. The molecular weight excluding hydrogens is 178 g/mol. The number of rotatable bonds is 0. The number of nitrogens with zero attached hydrogens (tertiary/aromatic N) is 1. The first-order valence-electron chi connectivity index (χ1n) is 5.25. The van der Waals surface area contributed by atoms with Crippen molar-refractivity contribution in [1.29, 1.82) is 0 Å². The van der Waals surface area contributed by atoms with Crippen LogP contribution in [0.1, 0.15) is 35.7 Å². The Bertz CT molecular complexity index is 305. The molecule has 1 aromatic heterocycles. The van der Waals surface area contributed by atoms with Crippen LogP contribution in [0.5, 0.6) is 0 Å².